The smallest absolute Gasteiger partial charge is 0.374 e. The Kier molecular flexibility index (Phi) is 4.86. The first-order valence-electron chi connectivity index (χ1n) is 5.40. The first kappa shape index (κ1) is 12.8. The number of halogens is 3. The van der Waals surface area contributed by atoms with E-state index in [1.165, 1.54) is 12.8 Å². The van der Waals surface area contributed by atoms with Crippen LogP contribution < -0.4 is 5.32 Å². The van der Waals surface area contributed by atoms with Gasteiger partial charge in [0.1, 0.15) is 0 Å². The van der Waals surface area contributed by atoms with Gasteiger partial charge in [-0.15, -0.1) is 0 Å². The van der Waals surface area contributed by atoms with Crippen LogP contribution in [0.25, 0.3) is 0 Å². The van der Waals surface area contributed by atoms with Crippen molar-refractivity contribution in [2.24, 2.45) is 0 Å². The molecule has 0 bridgehead atoms. The molecule has 1 unspecified atom stereocenters. The molecule has 0 saturated heterocycles. The molecular weight excluding hydrogens is 207 g/mol. The lowest BCUT2D eigenvalue weighted by atomic mass is 10.3. The Bertz CT molecular complexity index is 178. The molecule has 1 aliphatic rings. The van der Waals surface area contributed by atoms with Gasteiger partial charge in [-0.1, -0.05) is 12.8 Å². The summed E-state index contributed by atoms with van der Waals surface area (Å²) in [4.78, 5) is 0. The van der Waals surface area contributed by atoms with Crippen molar-refractivity contribution < 1.29 is 17.9 Å². The minimum absolute atomic E-state index is 0.143. The lowest BCUT2D eigenvalue weighted by Crippen LogP contribution is -2.35. The second kappa shape index (κ2) is 5.70. The minimum Gasteiger partial charge on any atom is -0.374 e. The highest BCUT2D eigenvalue weighted by molar-refractivity contribution is 4.69. The third-order valence-corrected chi connectivity index (χ3v) is 2.48. The van der Waals surface area contributed by atoms with Gasteiger partial charge < -0.3 is 10.1 Å². The van der Waals surface area contributed by atoms with Gasteiger partial charge >= 0.3 is 6.18 Å². The van der Waals surface area contributed by atoms with E-state index < -0.39 is 12.7 Å². The number of nitrogens with one attached hydrogen (secondary N) is 1. The maximum atomic E-state index is 11.8. The zero-order chi connectivity index (χ0) is 11.3. The van der Waals surface area contributed by atoms with Gasteiger partial charge in [0.25, 0.3) is 0 Å². The van der Waals surface area contributed by atoms with E-state index in [4.69, 9.17) is 4.74 Å². The molecule has 15 heavy (non-hydrogen) atoms. The van der Waals surface area contributed by atoms with Crippen LogP contribution in [0.4, 0.5) is 13.2 Å². The SMILES string of the molecule is CC(CNCC(F)(F)F)OC1CCCC1. The van der Waals surface area contributed by atoms with Crippen LogP contribution in [0.1, 0.15) is 32.6 Å². The Morgan fingerprint density at radius 3 is 2.47 bits per heavy atom. The average molecular weight is 225 g/mol. The standard InChI is InChI=1S/C10H18F3NO/c1-8(6-14-7-10(11,12)13)15-9-4-2-3-5-9/h8-9,14H,2-7H2,1H3. The van der Waals surface area contributed by atoms with Crippen molar-refractivity contribution in [2.75, 3.05) is 13.1 Å². The molecule has 0 aromatic heterocycles. The maximum absolute atomic E-state index is 11.8. The molecular formula is C10H18F3NO. The zero-order valence-electron chi connectivity index (χ0n) is 8.94. The Hall–Kier alpha value is -0.290. The summed E-state index contributed by atoms with van der Waals surface area (Å²) in [5, 5.41) is 2.35. The van der Waals surface area contributed by atoms with Crippen LogP contribution in [0.15, 0.2) is 0 Å². The summed E-state index contributed by atoms with van der Waals surface area (Å²) in [7, 11) is 0. The fourth-order valence-corrected chi connectivity index (χ4v) is 1.82. The van der Waals surface area contributed by atoms with E-state index in [0.717, 1.165) is 12.8 Å². The molecule has 1 aliphatic carbocycles. The highest BCUT2D eigenvalue weighted by atomic mass is 19.4. The van der Waals surface area contributed by atoms with Gasteiger partial charge in [0.05, 0.1) is 18.8 Å². The highest BCUT2D eigenvalue weighted by Gasteiger charge is 2.26. The normalized spacial score (nSPS) is 20.8. The lowest BCUT2D eigenvalue weighted by molar-refractivity contribution is -0.126. The summed E-state index contributed by atoms with van der Waals surface area (Å²) >= 11 is 0. The van der Waals surface area contributed by atoms with Gasteiger partial charge in [-0.25, -0.2) is 0 Å². The molecule has 1 rings (SSSR count). The van der Waals surface area contributed by atoms with Crippen molar-refractivity contribution >= 4 is 0 Å². The molecule has 1 saturated carbocycles. The van der Waals surface area contributed by atoms with Crippen molar-refractivity contribution in [2.45, 2.75) is 51.0 Å². The fourth-order valence-electron chi connectivity index (χ4n) is 1.82. The van der Waals surface area contributed by atoms with E-state index in [9.17, 15) is 13.2 Å². The molecule has 90 valence electrons. The predicted octanol–water partition coefficient (Wildman–Crippen LogP) is 2.49. The van der Waals surface area contributed by atoms with Crippen LogP contribution in [0, 0.1) is 0 Å². The second-order valence-corrected chi connectivity index (χ2v) is 4.10. The van der Waals surface area contributed by atoms with Crippen molar-refractivity contribution in [1.29, 1.82) is 0 Å². The summed E-state index contributed by atoms with van der Waals surface area (Å²) < 4.78 is 41.0. The van der Waals surface area contributed by atoms with Crippen LogP contribution >= 0.6 is 0 Å². The summed E-state index contributed by atoms with van der Waals surface area (Å²) in [5.41, 5.74) is 0. The molecule has 5 heteroatoms. The Morgan fingerprint density at radius 2 is 1.93 bits per heavy atom. The highest BCUT2D eigenvalue weighted by Crippen LogP contribution is 2.22. The average Bonchev–Trinajstić information content (AvgIpc) is 2.54. The summed E-state index contributed by atoms with van der Waals surface area (Å²) in [6.45, 7) is 1.13. The van der Waals surface area contributed by atoms with Crippen LogP contribution in [0.2, 0.25) is 0 Å². The molecule has 1 fully saturated rings. The number of hydrogen-bond acceptors (Lipinski definition) is 2. The molecule has 1 atom stereocenters. The fraction of sp³-hybridized carbons (Fsp3) is 1.00. The third-order valence-electron chi connectivity index (χ3n) is 2.48. The number of hydrogen-bond donors (Lipinski definition) is 1. The Labute approximate surface area is 88.2 Å². The monoisotopic (exact) mass is 225 g/mol. The molecule has 0 aromatic rings. The van der Waals surface area contributed by atoms with Crippen LogP contribution in [0.5, 0.6) is 0 Å². The van der Waals surface area contributed by atoms with Crippen LogP contribution in [-0.2, 0) is 4.74 Å². The molecule has 1 N–H and O–H groups in total. The topological polar surface area (TPSA) is 21.3 Å². The van der Waals surface area contributed by atoms with E-state index in [1.54, 1.807) is 0 Å². The largest absolute Gasteiger partial charge is 0.401 e. The molecule has 0 radical (unpaired) electrons. The second-order valence-electron chi connectivity index (χ2n) is 4.10. The first-order valence-corrected chi connectivity index (χ1v) is 5.40. The van der Waals surface area contributed by atoms with E-state index in [0.29, 0.717) is 0 Å². The van der Waals surface area contributed by atoms with E-state index in [1.807, 2.05) is 6.92 Å². The molecule has 2 nitrogen and oxygen atoms in total. The Balaban J connectivity index is 2.05. The van der Waals surface area contributed by atoms with Crippen molar-refractivity contribution in [3.05, 3.63) is 0 Å². The van der Waals surface area contributed by atoms with E-state index in [2.05, 4.69) is 5.32 Å². The van der Waals surface area contributed by atoms with Gasteiger partial charge in [0, 0.05) is 6.54 Å². The number of ether oxygens (including phenoxy) is 1. The minimum atomic E-state index is -4.13. The molecule has 0 aromatic carbocycles. The zero-order valence-corrected chi connectivity index (χ0v) is 8.94. The lowest BCUT2D eigenvalue weighted by Gasteiger charge is -2.19. The summed E-state index contributed by atoms with van der Waals surface area (Å²) in [6.07, 6.45) is 0.421. The molecule has 0 heterocycles. The van der Waals surface area contributed by atoms with Crippen molar-refractivity contribution in [3.8, 4) is 0 Å². The van der Waals surface area contributed by atoms with Crippen LogP contribution in [-0.4, -0.2) is 31.5 Å². The van der Waals surface area contributed by atoms with E-state index in [-0.39, 0.29) is 18.8 Å². The molecule has 0 aliphatic heterocycles. The number of rotatable bonds is 5. The first-order chi connectivity index (χ1) is 6.97. The third kappa shape index (κ3) is 5.99. The summed E-state index contributed by atoms with van der Waals surface area (Å²) in [5.74, 6) is 0. The van der Waals surface area contributed by atoms with Crippen molar-refractivity contribution in [3.63, 3.8) is 0 Å². The van der Waals surface area contributed by atoms with Gasteiger partial charge in [0.15, 0.2) is 0 Å². The quantitative estimate of drug-likeness (QED) is 0.776. The van der Waals surface area contributed by atoms with Gasteiger partial charge in [-0.05, 0) is 19.8 Å². The Morgan fingerprint density at radius 1 is 1.33 bits per heavy atom. The van der Waals surface area contributed by atoms with Gasteiger partial charge in [-0.3, -0.25) is 0 Å². The molecule has 0 amide bonds. The van der Waals surface area contributed by atoms with Gasteiger partial charge in [0.2, 0.25) is 0 Å². The van der Waals surface area contributed by atoms with Crippen molar-refractivity contribution in [1.82, 2.24) is 5.32 Å². The van der Waals surface area contributed by atoms with Crippen LogP contribution in [0.3, 0.4) is 0 Å². The van der Waals surface area contributed by atoms with E-state index >= 15 is 0 Å². The van der Waals surface area contributed by atoms with Gasteiger partial charge in [-0.2, -0.15) is 13.2 Å². The number of alkyl halides is 3. The molecule has 0 spiro atoms. The maximum Gasteiger partial charge on any atom is 0.401 e. The summed E-state index contributed by atoms with van der Waals surface area (Å²) in [6, 6.07) is 0. The predicted molar refractivity (Wildman–Crippen MR) is 51.7 cm³/mol.